The fraction of sp³-hybridized carbons (Fsp3) is 1.00. The smallest absolute Gasteiger partial charge is 0.109 e. The highest BCUT2D eigenvalue weighted by atomic mass is 16.4. The molecule has 0 aromatic carbocycles. The average Bonchev–Trinajstić information content (AvgIpc) is 2.54. The van der Waals surface area contributed by atoms with E-state index in [9.17, 15) is 15.3 Å². The first-order chi connectivity index (χ1) is 10.6. The van der Waals surface area contributed by atoms with Crippen molar-refractivity contribution in [2.75, 3.05) is 19.7 Å². The van der Waals surface area contributed by atoms with Gasteiger partial charge in [0.1, 0.15) is 12.2 Å². The number of aliphatic hydroxyl groups is 4. The topological polar surface area (TPSA) is 93.0 Å². The zero-order chi connectivity index (χ0) is 16.6. The largest absolute Gasteiger partial charge is 0.394 e. The number of aliphatic hydroxyl groups excluding tert-OH is 4. The van der Waals surface area contributed by atoms with Gasteiger partial charge >= 0.3 is 0 Å². The van der Waals surface area contributed by atoms with Crippen molar-refractivity contribution >= 4 is 0 Å². The van der Waals surface area contributed by atoms with Crippen LogP contribution in [0, 0.1) is 0 Å². The number of nitrogens with one attached hydrogen (secondary N) is 1. The summed E-state index contributed by atoms with van der Waals surface area (Å²) in [4.78, 5) is 0. The van der Waals surface area contributed by atoms with Crippen LogP contribution in [0.3, 0.4) is 0 Å². The maximum Gasteiger partial charge on any atom is 0.109 e. The number of rotatable bonds is 16. The lowest BCUT2D eigenvalue weighted by atomic mass is 10.1. The third kappa shape index (κ3) is 12.4. The molecule has 0 rings (SSSR count). The fourth-order valence-electron chi connectivity index (χ4n) is 2.47. The standard InChI is InChI=1S/C17H37NO4/c1-2-3-4-5-6-7-8-9-10-11-12-18-13-15(20)17(22)16(21)14-19/h15-22H,2-14H2,1H3/t15-,16+,17-/m0/s1. The number of hydrogen-bond donors (Lipinski definition) is 5. The molecule has 134 valence electrons. The molecule has 0 radical (unpaired) electrons. The van der Waals surface area contributed by atoms with Crippen LogP contribution in [0.25, 0.3) is 0 Å². The van der Waals surface area contributed by atoms with Gasteiger partial charge in [0.15, 0.2) is 0 Å². The van der Waals surface area contributed by atoms with Crippen molar-refractivity contribution in [1.82, 2.24) is 5.32 Å². The van der Waals surface area contributed by atoms with Crippen molar-refractivity contribution in [3.05, 3.63) is 0 Å². The fourth-order valence-corrected chi connectivity index (χ4v) is 2.47. The maximum atomic E-state index is 9.60. The summed E-state index contributed by atoms with van der Waals surface area (Å²) >= 11 is 0. The van der Waals surface area contributed by atoms with Crippen molar-refractivity contribution in [3.8, 4) is 0 Å². The predicted octanol–water partition coefficient (Wildman–Crippen LogP) is 1.57. The Morgan fingerprint density at radius 1 is 0.727 bits per heavy atom. The molecule has 3 atom stereocenters. The van der Waals surface area contributed by atoms with Gasteiger partial charge in [0.25, 0.3) is 0 Å². The molecule has 5 N–H and O–H groups in total. The summed E-state index contributed by atoms with van der Waals surface area (Å²) in [5, 5.41) is 40.0. The molecule has 0 amide bonds. The van der Waals surface area contributed by atoms with Crippen LogP contribution < -0.4 is 5.32 Å². The predicted molar refractivity (Wildman–Crippen MR) is 89.8 cm³/mol. The molecule has 0 aliphatic heterocycles. The average molecular weight is 319 g/mol. The van der Waals surface area contributed by atoms with E-state index in [0.717, 1.165) is 13.0 Å². The van der Waals surface area contributed by atoms with Crippen LogP contribution in [0.15, 0.2) is 0 Å². The molecule has 0 aromatic heterocycles. The normalized spacial score (nSPS) is 15.7. The van der Waals surface area contributed by atoms with Crippen molar-refractivity contribution in [3.63, 3.8) is 0 Å². The van der Waals surface area contributed by atoms with E-state index in [1.807, 2.05) is 0 Å². The molecule has 0 fully saturated rings. The van der Waals surface area contributed by atoms with Crippen LogP contribution in [0.1, 0.15) is 71.1 Å². The first-order valence-electron chi connectivity index (χ1n) is 8.99. The highest BCUT2D eigenvalue weighted by molar-refractivity contribution is 4.76. The van der Waals surface area contributed by atoms with Gasteiger partial charge in [-0.1, -0.05) is 64.7 Å². The third-order valence-electron chi connectivity index (χ3n) is 4.04. The van der Waals surface area contributed by atoms with Crippen LogP contribution in [0.4, 0.5) is 0 Å². The van der Waals surface area contributed by atoms with Crippen LogP contribution in [-0.4, -0.2) is 58.4 Å². The number of hydrogen-bond acceptors (Lipinski definition) is 5. The highest BCUT2D eigenvalue weighted by Crippen LogP contribution is 2.10. The first-order valence-corrected chi connectivity index (χ1v) is 8.99. The molecular weight excluding hydrogens is 282 g/mol. The molecule has 22 heavy (non-hydrogen) atoms. The Morgan fingerprint density at radius 3 is 1.73 bits per heavy atom. The van der Waals surface area contributed by atoms with Gasteiger partial charge in [0.05, 0.1) is 12.7 Å². The first kappa shape index (κ1) is 21.8. The minimum atomic E-state index is -1.30. The lowest BCUT2D eigenvalue weighted by Crippen LogP contribution is -2.44. The maximum absolute atomic E-state index is 9.60. The Bertz CT molecular complexity index is 229. The summed E-state index contributed by atoms with van der Waals surface area (Å²) < 4.78 is 0. The van der Waals surface area contributed by atoms with E-state index in [1.165, 1.54) is 57.8 Å². The van der Waals surface area contributed by atoms with Crippen molar-refractivity contribution in [2.45, 2.75) is 89.4 Å². The number of unbranched alkanes of at least 4 members (excludes halogenated alkanes) is 9. The molecule has 0 aromatic rings. The molecule has 5 heteroatoms. The molecule has 0 aliphatic rings. The summed E-state index contributed by atoms with van der Waals surface area (Å²) in [5.74, 6) is 0. The van der Waals surface area contributed by atoms with Crippen LogP contribution in [0.5, 0.6) is 0 Å². The second-order valence-electron chi connectivity index (χ2n) is 6.19. The van der Waals surface area contributed by atoms with Gasteiger partial charge in [-0.2, -0.15) is 0 Å². The van der Waals surface area contributed by atoms with Gasteiger partial charge in [0.2, 0.25) is 0 Å². The van der Waals surface area contributed by atoms with Gasteiger partial charge in [0, 0.05) is 6.54 Å². The summed E-state index contributed by atoms with van der Waals surface area (Å²) in [7, 11) is 0. The molecular formula is C17H37NO4. The molecule has 0 saturated heterocycles. The molecule has 0 spiro atoms. The van der Waals surface area contributed by atoms with Crippen molar-refractivity contribution in [1.29, 1.82) is 0 Å². The van der Waals surface area contributed by atoms with Gasteiger partial charge in [-0.05, 0) is 13.0 Å². The molecule has 5 nitrogen and oxygen atoms in total. The Kier molecular flexibility index (Phi) is 15.5. The van der Waals surface area contributed by atoms with E-state index in [2.05, 4.69) is 12.2 Å². The van der Waals surface area contributed by atoms with Crippen LogP contribution in [0.2, 0.25) is 0 Å². The summed E-state index contributed by atoms with van der Waals surface area (Å²) in [5.41, 5.74) is 0. The van der Waals surface area contributed by atoms with E-state index in [-0.39, 0.29) is 6.54 Å². The van der Waals surface area contributed by atoms with Crippen molar-refractivity contribution < 1.29 is 20.4 Å². The minimum absolute atomic E-state index is 0.232. The molecule has 0 aliphatic carbocycles. The van der Waals surface area contributed by atoms with Crippen LogP contribution in [-0.2, 0) is 0 Å². The Labute approximate surface area is 135 Å². The molecule has 0 heterocycles. The second kappa shape index (κ2) is 15.7. The summed E-state index contributed by atoms with van der Waals surface area (Å²) in [6.45, 7) is 2.73. The highest BCUT2D eigenvalue weighted by Gasteiger charge is 2.23. The van der Waals surface area contributed by atoms with E-state index in [1.54, 1.807) is 0 Å². The molecule has 0 saturated carbocycles. The Morgan fingerprint density at radius 2 is 1.23 bits per heavy atom. The van der Waals surface area contributed by atoms with Gasteiger partial charge in [-0.15, -0.1) is 0 Å². The van der Waals surface area contributed by atoms with E-state index in [0.29, 0.717) is 0 Å². The Balaban J connectivity index is 3.26. The lowest BCUT2D eigenvalue weighted by molar-refractivity contribution is -0.0749. The van der Waals surface area contributed by atoms with E-state index >= 15 is 0 Å². The van der Waals surface area contributed by atoms with E-state index < -0.39 is 24.9 Å². The quantitative estimate of drug-likeness (QED) is 0.279. The van der Waals surface area contributed by atoms with Gasteiger partial charge in [-0.25, -0.2) is 0 Å². The minimum Gasteiger partial charge on any atom is -0.394 e. The molecule has 0 unspecified atom stereocenters. The second-order valence-corrected chi connectivity index (χ2v) is 6.19. The van der Waals surface area contributed by atoms with Gasteiger partial charge < -0.3 is 25.7 Å². The monoisotopic (exact) mass is 319 g/mol. The SMILES string of the molecule is CCCCCCCCCCCCNC[C@H](O)[C@H](O)[C@H](O)CO. The summed E-state index contributed by atoms with van der Waals surface area (Å²) in [6.07, 6.45) is 9.26. The molecule has 0 bridgehead atoms. The Hall–Kier alpha value is -0.200. The third-order valence-corrected chi connectivity index (χ3v) is 4.04. The van der Waals surface area contributed by atoms with Crippen LogP contribution >= 0.6 is 0 Å². The van der Waals surface area contributed by atoms with E-state index in [4.69, 9.17) is 5.11 Å². The van der Waals surface area contributed by atoms with Gasteiger partial charge in [-0.3, -0.25) is 0 Å². The lowest BCUT2D eigenvalue weighted by Gasteiger charge is -2.21. The van der Waals surface area contributed by atoms with Crippen molar-refractivity contribution in [2.24, 2.45) is 0 Å². The zero-order valence-electron chi connectivity index (χ0n) is 14.2. The summed E-state index contributed by atoms with van der Waals surface area (Å²) in [6, 6.07) is 0. The zero-order valence-corrected chi connectivity index (χ0v) is 14.2.